The van der Waals surface area contributed by atoms with Gasteiger partial charge in [0.1, 0.15) is 5.82 Å². The standard InChI is InChI=1S/C14H23N3S/c1-11(2)16-9-12-5-4-7-15-14(12)17(3)13-6-8-18-10-13/h4-5,7,11,13,16H,6,8-10H2,1-3H3. The summed E-state index contributed by atoms with van der Waals surface area (Å²) in [6.07, 6.45) is 3.17. The summed E-state index contributed by atoms with van der Waals surface area (Å²) in [4.78, 5) is 6.94. The van der Waals surface area contributed by atoms with Crippen molar-refractivity contribution < 1.29 is 0 Å². The van der Waals surface area contributed by atoms with Crippen LogP contribution >= 0.6 is 11.8 Å². The van der Waals surface area contributed by atoms with Gasteiger partial charge in [0.15, 0.2) is 0 Å². The highest BCUT2D eigenvalue weighted by atomic mass is 32.2. The lowest BCUT2D eigenvalue weighted by Crippen LogP contribution is -2.33. The van der Waals surface area contributed by atoms with Gasteiger partial charge in [0.05, 0.1) is 0 Å². The lowest BCUT2D eigenvalue weighted by molar-refractivity contribution is 0.585. The van der Waals surface area contributed by atoms with Gasteiger partial charge >= 0.3 is 0 Å². The molecule has 3 nitrogen and oxygen atoms in total. The fraction of sp³-hybridized carbons (Fsp3) is 0.643. The van der Waals surface area contributed by atoms with Crippen LogP contribution in [-0.4, -0.2) is 35.6 Å². The summed E-state index contributed by atoms with van der Waals surface area (Å²) in [5.41, 5.74) is 1.30. The van der Waals surface area contributed by atoms with Crippen molar-refractivity contribution in [3.05, 3.63) is 23.9 Å². The zero-order valence-electron chi connectivity index (χ0n) is 11.5. The second-order valence-electron chi connectivity index (χ2n) is 5.15. The van der Waals surface area contributed by atoms with Crippen LogP contribution in [0.1, 0.15) is 25.8 Å². The van der Waals surface area contributed by atoms with Crippen molar-refractivity contribution in [2.45, 2.75) is 38.9 Å². The molecule has 1 aromatic heterocycles. The average molecular weight is 265 g/mol. The monoisotopic (exact) mass is 265 g/mol. The fourth-order valence-corrected chi connectivity index (χ4v) is 3.47. The smallest absolute Gasteiger partial charge is 0.133 e. The molecule has 1 aliphatic heterocycles. The van der Waals surface area contributed by atoms with E-state index in [1.807, 2.05) is 24.0 Å². The number of pyridine rings is 1. The first kappa shape index (κ1) is 13.7. The van der Waals surface area contributed by atoms with E-state index < -0.39 is 0 Å². The van der Waals surface area contributed by atoms with Gasteiger partial charge in [-0.3, -0.25) is 0 Å². The number of rotatable bonds is 5. The van der Waals surface area contributed by atoms with E-state index in [1.165, 1.54) is 23.5 Å². The molecule has 0 bridgehead atoms. The SMILES string of the molecule is CC(C)NCc1cccnc1N(C)C1CCSC1. The molecule has 0 aromatic carbocycles. The fourth-order valence-electron chi connectivity index (χ4n) is 2.20. The summed E-state index contributed by atoms with van der Waals surface area (Å²) in [6.45, 7) is 5.24. The molecular formula is C14H23N3S. The molecule has 0 amide bonds. The van der Waals surface area contributed by atoms with Gasteiger partial charge in [0, 0.05) is 43.2 Å². The third kappa shape index (κ3) is 3.39. The van der Waals surface area contributed by atoms with Crippen molar-refractivity contribution in [1.82, 2.24) is 10.3 Å². The number of hydrogen-bond acceptors (Lipinski definition) is 4. The molecule has 1 fully saturated rings. The first-order valence-corrected chi connectivity index (χ1v) is 7.82. The highest BCUT2D eigenvalue weighted by Gasteiger charge is 2.22. The van der Waals surface area contributed by atoms with Crippen LogP contribution in [0.2, 0.25) is 0 Å². The molecule has 4 heteroatoms. The topological polar surface area (TPSA) is 28.2 Å². The Labute approximate surface area is 114 Å². The molecule has 100 valence electrons. The van der Waals surface area contributed by atoms with Crippen LogP contribution in [0, 0.1) is 0 Å². The molecule has 0 saturated carbocycles. The zero-order chi connectivity index (χ0) is 13.0. The van der Waals surface area contributed by atoms with E-state index in [4.69, 9.17) is 0 Å². The lowest BCUT2D eigenvalue weighted by atomic mass is 10.2. The van der Waals surface area contributed by atoms with E-state index in [-0.39, 0.29) is 0 Å². The Bertz CT molecular complexity index is 375. The summed E-state index contributed by atoms with van der Waals surface area (Å²) < 4.78 is 0. The molecule has 0 radical (unpaired) electrons. The van der Waals surface area contributed by atoms with Gasteiger partial charge in [-0.2, -0.15) is 11.8 Å². The molecule has 2 heterocycles. The third-order valence-corrected chi connectivity index (χ3v) is 4.50. The molecule has 0 spiro atoms. The van der Waals surface area contributed by atoms with Crippen LogP contribution in [0.25, 0.3) is 0 Å². The summed E-state index contributed by atoms with van der Waals surface area (Å²) in [6, 6.07) is 5.35. The minimum Gasteiger partial charge on any atom is -0.356 e. The largest absolute Gasteiger partial charge is 0.356 e. The van der Waals surface area contributed by atoms with E-state index >= 15 is 0 Å². The molecule has 1 N–H and O–H groups in total. The van der Waals surface area contributed by atoms with Crippen LogP contribution < -0.4 is 10.2 Å². The van der Waals surface area contributed by atoms with Crippen LogP contribution in [0.15, 0.2) is 18.3 Å². The van der Waals surface area contributed by atoms with Crippen LogP contribution in [-0.2, 0) is 6.54 Å². The van der Waals surface area contributed by atoms with Gasteiger partial charge in [-0.05, 0) is 18.2 Å². The normalized spacial score (nSPS) is 19.4. The molecule has 18 heavy (non-hydrogen) atoms. The van der Waals surface area contributed by atoms with Gasteiger partial charge in [0.25, 0.3) is 0 Å². The molecule has 1 atom stereocenters. The minimum atomic E-state index is 0.505. The van der Waals surface area contributed by atoms with Crippen molar-refractivity contribution in [3.8, 4) is 0 Å². The Morgan fingerprint density at radius 1 is 1.56 bits per heavy atom. The maximum absolute atomic E-state index is 4.58. The van der Waals surface area contributed by atoms with E-state index in [9.17, 15) is 0 Å². The molecule has 1 unspecified atom stereocenters. The molecular weight excluding hydrogens is 242 g/mol. The van der Waals surface area contributed by atoms with Crippen LogP contribution in [0.5, 0.6) is 0 Å². The summed E-state index contributed by atoms with van der Waals surface area (Å²) in [7, 11) is 2.18. The van der Waals surface area contributed by atoms with E-state index in [0.717, 1.165) is 12.4 Å². The van der Waals surface area contributed by atoms with E-state index in [2.05, 4.69) is 42.2 Å². The van der Waals surface area contributed by atoms with Gasteiger partial charge in [-0.1, -0.05) is 19.9 Å². The predicted octanol–water partition coefficient (Wildman–Crippen LogP) is 2.52. The lowest BCUT2D eigenvalue weighted by Gasteiger charge is -2.27. The number of anilines is 1. The van der Waals surface area contributed by atoms with Gasteiger partial charge in [-0.25, -0.2) is 4.98 Å². The number of aromatic nitrogens is 1. The summed E-state index contributed by atoms with van der Waals surface area (Å²) in [5, 5.41) is 3.48. The quantitative estimate of drug-likeness (QED) is 0.885. The van der Waals surface area contributed by atoms with Crippen LogP contribution in [0.4, 0.5) is 5.82 Å². The minimum absolute atomic E-state index is 0.505. The van der Waals surface area contributed by atoms with Crippen molar-refractivity contribution in [2.24, 2.45) is 0 Å². The Morgan fingerprint density at radius 3 is 3.06 bits per heavy atom. The average Bonchev–Trinajstić information content (AvgIpc) is 2.89. The third-order valence-electron chi connectivity index (χ3n) is 3.36. The van der Waals surface area contributed by atoms with Crippen molar-refractivity contribution >= 4 is 17.6 Å². The predicted molar refractivity (Wildman–Crippen MR) is 80.3 cm³/mol. The molecule has 2 rings (SSSR count). The maximum atomic E-state index is 4.58. The van der Waals surface area contributed by atoms with Gasteiger partial charge < -0.3 is 10.2 Å². The van der Waals surface area contributed by atoms with E-state index in [1.54, 1.807) is 0 Å². The van der Waals surface area contributed by atoms with E-state index in [0.29, 0.717) is 12.1 Å². The highest BCUT2D eigenvalue weighted by molar-refractivity contribution is 7.99. The second kappa shape index (κ2) is 6.43. The number of thioether (sulfide) groups is 1. The number of nitrogens with zero attached hydrogens (tertiary/aromatic N) is 2. The van der Waals surface area contributed by atoms with Crippen LogP contribution in [0.3, 0.4) is 0 Å². The second-order valence-corrected chi connectivity index (χ2v) is 6.30. The maximum Gasteiger partial charge on any atom is 0.133 e. The van der Waals surface area contributed by atoms with Gasteiger partial charge in [-0.15, -0.1) is 0 Å². The first-order valence-electron chi connectivity index (χ1n) is 6.66. The molecule has 1 aliphatic rings. The molecule has 0 aliphatic carbocycles. The van der Waals surface area contributed by atoms with Crippen molar-refractivity contribution in [2.75, 3.05) is 23.5 Å². The molecule has 1 saturated heterocycles. The van der Waals surface area contributed by atoms with Crippen molar-refractivity contribution in [1.29, 1.82) is 0 Å². The molecule has 1 aromatic rings. The number of hydrogen-bond donors (Lipinski definition) is 1. The first-order chi connectivity index (χ1) is 8.68. The Morgan fingerprint density at radius 2 is 2.39 bits per heavy atom. The summed E-state index contributed by atoms with van der Waals surface area (Å²) >= 11 is 2.04. The highest BCUT2D eigenvalue weighted by Crippen LogP contribution is 2.26. The Kier molecular flexibility index (Phi) is 4.89. The number of nitrogens with one attached hydrogen (secondary N) is 1. The summed E-state index contributed by atoms with van der Waals surface area (Å²) in [5.74, 6) is 3.64. The van der Waals surface area contributed by atoms with Gasteiger partial charge in [0.2, 0.25) is 0 Å². The van der Waals surface area contributed by atoms with Crippen molar-refractivity contribution in [3.63, 3.8) is 0 Å². The Hall–Kier alpha value is -0.740. The zero-order valence-corrected chi connectivity index (χ0v) is 12.3. The Balaban J connectivity index is 2.10.